The van der Waals surface area contributed by atoms with E-state index in [0.29, 0.717) is 25.3 Å². The minimum Gasteiger partial charge on any atom is -0.481 e. The highest BCUT2D eigenvalue weighted by Crippen LogP contribution is 2.29. The molecule has 20 heavy (non-hydrogen) atoms. The van der Waals surface area contributed by atoms with E-state index in [4.69, 9.17) is 5.11 Å². The van der Waals surface area contributed by atoms with Crippen molar-refractivity contribution in [3.05, 3.63) is 0 Å². The van der Waals surface area contributed by atoms with Crippen molar-refractivity contribution in [2.75, 3.05) is 6.54 Å². The fraction of sp³-hybridized carbons (Fsp3) is 0.786. The summed E-state index contributed by atoms with van der Waals surface area (Å²) in [7, 11) is 0. The Morgan fingerprint density at radius 1 is 1.15 bits per heavy atom. The lowest BCUT2D eigenvalue weighted by atomic mass is 10.1. The van der Waals surface area contributed by atoms with Gasteiger partial charge in [0.15, 0.2) is 0 Å². The molecule has 0 aromatic rings. The number of carboxylic acid groups (broad SMARTS) is 1. The summed E-state index contributed by atoms with van der Waals surface area (Å²) in [6, 6.07) is -0.451. The number of carbonyl (C=O) groups excluding carboxylic acids is 2. The Morgan fingerprint density at radius 2 is 1.85 bits per heavy atom. The highest BCUT2D eigenvalue weighted by atomic mass is 16.4. The molecule has 1 aliphatic carbocycles. The molecule has 2 unspecified atom stereocenters. The summed E-state index contributed by atoms with van der Waals surface area (Å²) < 4.78 is 0. The van der Waals surface area contributed by atoms with Crippen molar-refractivity contribution in [1.29, 1.82) is 0 Å². The zero-order valence-electron chi connectivity index (χ0n) is 12.0. The second-order valence-electron chi connectivity index (χ2n) is 5.64. The maximum atomic E-state index is 11.5. The molecule has 0 aromatic heterocycles. The summed E-state index contributed by atoms with van der Waals surface area (Å²) >= 11 is 0. The SMILES string of the molecule is CC1CCC(CNC(=O)NC(=O)CCCCC(=O)O)C1. The van der Waals surface area contributed by atoms with Gasteiger partial charge in [0.1, 0.15) is 0 Å². The lowest BCUT2D eigenvalue weighted by molar-refractivity contribution is -0.137. The average molecular weight is 284 g/mol. The summed E-state index contributed by atoms with van der Waals surface area (Å²) in [5.74, 6) is 0.0174. The molecule has 0 aliphatic heterocycles. The summed E-state index contributed by atoms with van der Waals surface area (Å²) in [6.45, 7) is 2.82. The molecule has 0 aromatic carbocycles. The van der Waals surface area contributed by atoms with Crippen LogP contribution in [0.2, 0.25) is 0 Å². The highest BCUT2D eigenvalue weighted by Gasteiger charge is 2.21. The van der Waals surface area contributed by atoms with Crippen LogP contribution in [0, 0.1) is 11.8 Å². The molecule has 2 atom stereocenters. The number of aliphatic carboxylic acids is 1. The Balaban J connectivity index is 2.06. The molecule has 114 valence electrons. The van der Waals surface area contributed by atoms with Crippen LogP contribution >= 0.6 is 0 Å². The van der Waals surface area contributed by atoms with Crippen LogP contribution in [-0.4, -0.2) is 29.6 Å². The molecule has 1 rings (SSSR count). The largest absolute Gasteiger partial charge is 0.481 e. The van der Waals surface area contributed by atoms with Crippen LogP contribution in [-0.2, 0) is 9.59 Å². The maximum Gasteiger partial charge on any atom is 0.321 e. The molecular weight excluding hydrogens is 260 g/mol. The van der Waals surface area contributed by atoms with Crippen LogP contribution in [0.3, 0.4) is 0 Å². The van der Waals surface area contributed by atoms with E-state index in [1.165, 1.54) is 6.42 Å². The van der Waals surface area contributed by atoms with Gasteiger partial charge in [0.05, 0.1) is 0 Å². The first-order chi connectivity index (χ1) is 9.47. The van der Waals surface area contributed by atoms with E-state index in [2.05, 4.69) is 17.6 Å². The van der Waals surface area contributed by atoms with Gasteiger partial charge in [-0.3, -0.25) is 14.9 Å². The number of carboxylic acids is 1. The van der Waals surface area contributed by atoms with E-state index >= 15 is 0 Å². The number of nitrogens with one attached hydrogen (secondary N) is 2. The monoisotopic (exact) mass is 284 g/mol. The van der Waals surface area contributed by atoms with Crippen molar-refractivity contribution >= 4 is 17.9 Å². The molecule has 0 spiro atoms. The van der Waals surface area contributed by atoms with Gasteiger partial charge in [-0.25, -0.2) is 4.79 Å². The number of amides is 3. The molecule has 1 aliphatic rings. The Labute approximate surface area is 119 Å². The van der Waals surface area contributed by atoms with Gasteiger partial charge in [0.2, 0.25) is 5.91 Å². The molecule has 0 saturated heterocycles. The van der Waals surface area contributed by atoms with E-state index in [1.807, 2.05) is 0 Å². The number of imide groups is 1. The molecule has 3 N–H and O–H groups in total. The van der Waals surface area contributed by atoms with Gasteiger partial charge in [-0.1, -0.05) is 13.3 Å². The van der Waals surface area contributed by atoms with E-state index in [9.17, 15) is 14.4 Å². The fourth-order valence-electron chi connectivity index (χ4n) is 2.54. The van der Waals surface area contributed by atoms with Crippen LogP contribution in [0.1, 0.15) is 51.9 Å². The Bertz CT molecular complexity index is 357. The average Bonchev–Trinajstić information content (AvgIpc) is 2.78. The van der Waals surface area contributed by atoms with Crippen LogP contribution in [0.4, 0.5) is 4.79 Å². The van der Waals surface area contributed by atoms with Crippen molar-refractivity contribution in [1.82, 2.24) is 10.6 Å². The van der Waals surface area contributed by atoms with E-state index in [0.717, 1.165) is 18.8 Å². The summed E-state index contributed by atoms with van der Waals surface area (Å²) in [5, 5.41) is 13.4. The highest BCUT2D eigenvalue weighted by molar-refractivity contribution is 5.94. The third-order valence-electron chi connectivity index (χ3n) is 3.65. The maximum absolute atomic E-state index is 11.5. The zero-order chi connectivity index (χ0) is 15.0. The summed E-state index contributed by atoms with van der Waals surface area (Å²) in [5.41, 5.74) is 0. The third-order valence-corrected chi connectivity index (χ3v) is 3.65. The minimum atomic E-state index is -0.867. The molecule has 0 bridgehead atoms. The summed E-state index contributed by atoms with van der Waals surface area (Å²) in [6.07, 6.45) is 4.63. The molecule has 1 saturated carbocycles. The number of hydrogen-bond donors (Lipinski definition) is 3. The van der Waals surface area contributed by atoms with E-state index in [-0.39, 0.29) is 18.7 Å². The van der Waals surface area contributed by atoms with Crippen LogP contribution in [0.15, 0.2) is 0 Å². The first-order valence-corrected chi connectivity index (χ1v) is 7.27. The van der Waals surface area contributed by atoms with Gasteiger partial charge < -0.3 is 10.4 Å². The predicted molar refractivity (Wildman–Crippen MR) is 74.2 cm³/mol. The minimum absolute atomic E-state index is 0.0549. The smallest absolute Gasteiger partial charge is 0.321 e. The fourth-order valence-corrected chi connectivity index (χ4v) is 2.54. The van der Waals surface area contributed by atoms with Crippen molar-refractivity contribution in [2.24, 2.45) is 11.8 Å². The molecule has 6 nitrogen and oxygen atoms in total. The second-order valence-corrected chi connectivity index (χ2v) is 5.64. The zero-order valence-corrected chi connectivity index (χ0v) is 12.0. The lowest BCUT2D eigenvalue weighted by Crippen LogP contribution is -2.41. The Morgan fingerprint density at radius 3 is 2.45 bits per heavy atom. The van der Waals surface area contributed by atoms with Crippen molar-refractivity contribution in [2.45, 2.75) is 51.9 Å². The number of urea groups is 1. The molecule has 1 fully saturated rings. The number of rotatable bonds is 7. The van der Waals surface area contributed by atoms with Crippen LogP contribution in [0.5, 0.6) is 0 Å². The van der Waals surface area contributed by atoms with Gasteiger partial charge in [-0.15, -0.1) is 0 Å². The standard InChI is InChI=1S/C14H24N2O4/c1-10-6-7-11(8-10)9-15-14(20)16-12(17)4-2-3-5-13(18)19/h10-11H,2-9H2,1H3,(H,18,19)(H2,15,16,17,20). The van der Waals surface area contributed by atoms with Gasteiger partial charge in [-0.05, 0) is 37.5 Å². The Hall–Kier alpha value is -1.59. The Kier molecular flexibility index (Phi) is 7.04. The van der Waals surface area contributed by atoms with E-state index in [1.54, 1.807) is 0 Å². The van der Waals surface area contributed by atoms with E-state index < -0.39 is 12.0 Å². The molecular formula is C14H24N2O4. The molecule has 0 radical (unpaired) electrons. The van der Waals surface area contributed by atoms with Crippen molar-refractivity contribution < 1.29 is 19.5 Å². The lowest BCUT2D eigenvalue weighted by Gasteiger charge is -2.11. The number of carbonyl (C=O) groups is 3. The third kappa shape index (κ3) is 7.11. The molecule has 3 amide bonds. The van der Waals surface area contributed by atoms with Crippen LogP contribution in [0.25, 0.3) is 0 Å². The first-order valence-electron chi connectivity index (χ1n) is 7.27. The molecule has 0 heterocycles. The van der Waals surface area contributed by atoms with Gasteiger partial charge >= 0.3 is 12.0 Å². The second kappa shape index (κ2) is 8.55. The van der Waals surface area contributed by atoms with Crippen molar-refractivity contribution in [3.8, 4) is 0 Å². The van der Waals surface area contributed by atoms with Gasteiger partial charge in [0, 0.05) is 19.4 Å². The van der Waals surface area contributed by atoms with Gasteiger partial charge in [-0.2, -0.15) is 0 Å². The molecule has 6 heteroatoms. The topological polar surface area (TPSA) is 95.5 Å². The van der Waals surface area contributed by atoms with Gasteiger partial charge in [0.25, 0.3) is 0 Å². The summed E-state index contributed by atoms with van der Waals surface area (Å²) in [4.78, 5) is 33.2. The first kappa shape index (κ1) is 16.5. The normalized spacial score (nSPS) is 21.4. The predicted octanol–water partition coefficient (Wildman–Crippen LogP) is 1.89. The number of hydrogen-bond acceptors (Lipinski definition) is 3. The quantitative estimate of drug-likeness (QED) is 0.622. The van der Waals surface area contributed by atoms with Crippen molar-refractivity contribution in [3.63, 3.8) is 0 Å². The van der Waals surface area contributed by atoms with Crippen LogP contribution < -0.4 is 10.6 Å². The number of unbranched alkanes of at least 4 members (excludes halogenated alkanes) is 1.